The molecule has 1 amide bonds. The van der Waals surface area contributed by atoms with Crippen molar-refractivity contribution in [1.29, 1.82) is 0 Å². The number of carbonyl (C=O) groups excluding carboxylic acids is 1. The van der Waals surface area contributed by atoms with E-state index in [2.05, 4.69) is 4.98 Å². The van der Waals surface area contributed by atoms with Crippen LogP contribution in [0.25, 0.3) is 0 Å². The molecule has 2 aromatic rings. The molecule has 3 heterocycles. The number of rotatable bonds is 5. The lowest BCUT2D eigenvalue weighted by Gasteiger charge is -2.41. The molecule has 2 aliphatic heterocycles. The standard InChI is InChI=1S/C23H23F3N2O5/c1-30-20-18(33-16-10-22(25,26)11-16)6-5-17(27-20)21(29)28-8-7-23(19(12-28)31-13-32-23)14-3-2-4-15(24)9-14/h2-6,9,16,19H,7-8,10-13H2,1H3. The number of hydrogen-bond donors (Lipinski definition) is 0. The van der Waals surface area contributed by atoms with E-state index in [0.717, 1.165) is 0 Å². The molecule has 10 heteroatoms. The van der Waals surface area contributed by atoms with E-state index in [9.17, 15) is 18.0 Å². The van der Waals surface area contributed by atoms with Crippen LogP contribution in [0.2, 0.25) is 0 Å². The van der Waals surface area contributed by atoms with Crippen LogP contribution in [0.1, 0.15) is 35.3 Å². The Morgan fingerprint density at radius 3 is 2.79 bits per heavy atom. The molecule has 2 atom stereocenters. The Morgan fingerprint density at radius 2 is 2.06 bits per heavy atom. The van der Waals surface area contributed by atoms with Gasteiger partial charge >= 0.3 is 0 Å². The first-order chi connectivity index (χ1) is 15.8. The van der Waals surface area contributed by atoms with Crippen molar-refractivity contribution in [3.05, 3.63) is 53.5 Å². The Kier molecular flexibility index (Phi) is 5.44. The van der Waals surface area contributed by atoms with Crippen molar-refractivity contribution in [2.75, 3.05) is 27.0 Å². The minimum atomic E-state index is -2.71. The van der Waals surface area contributed by atoms with Crippen molar-refractivity contribution >= 4 is 5.91 Å². The number of carbonyl (C=O) groups is 1. The van der Waals surface area contributed by atoms with Gasteiger partial charge in [0.25, 0.3) is 17.7 Å². The largest absolute Gasteiger partial charge is 0.484 e. The molecule has 1 saturated carbocycles. The van der Waals surface area contributed by atoms with Gasteiger partial charge in [-0.25, -0.2) is 18.2 Å². The maximum absolute atomic E-state index is 13.8. The van der Waals surface area contributed by atoms with Gasteiger partial charge in [0.05, 0.1) is 13.7 Å². The van der Waals surface area contributed by atoms with Gasteiger partial charge in [0.1, 0.15) is 36.1 Å². The number of benzene rings is 1. The van der Waals surface area contributed by atoms with Gasteiger partial charge in [-0.15, -0.1) is 0 Å². The van der Waals surface area contributed by atoms with Crippen LogP contribution in [0.4, 0.5) is 13.2 Å². The van der Waals surface area contributed by atoms with E-state index in [1.807, 2.05) is 0 Å². The normalized spacial score (nSPS) is 26.4. The number of amides is 1. The van der Waals surface area contributed by atoms with Gasteiger partial charge in [0.15, 0.2) is 5.75 Å². The van der Waals surface area contributed by atoms with Crippen LogP contribution in [0.15, 0.2) is 36.4 Å². The quantitative estimate of drug-likeness (QED) is 0.675. The molecule has 176 valence electrons. The summed E-state index contributed by atoms with van der Waals surface area (Å²) in [6.45, 7) is 0.658. The number of halogens is 3. The summed E-state index contributed by atoms with van der Waals surface area (Å²) < 4.78 is 62.4. The van der Waals surface area contributed by atoms with E-state index in [1.54, 1.807) is 17.0 Å². The smallest absolute Gasteiger partial charge is 0.272 e. The van der Waals surface area contributed by atoms with Crippen LogP contribution in [-0.4, -0.2) is 60.9 Å². The number of fused-ring (bicyclic) bond motifs is 1. The second-order valence-corrected chi connectivity index (χ2v) is 8.53. The third-order valence-corrected chi connectivity index (χ3v) is 6.43. The van der Waals surface area contributed by atoms with Gasteiger partial charge in [0, 0.05) is 25.8 Å². The van der Waals surface area contributed by atoms with Crippen molar-refractivity contribution in [1.82, 2.24) is 9.88 Å². The molecule has 2 saturated heterocycles. The highest BCUT2D eigenvalue weighted by molar-refractivity contribution is 5.92. The molecule has 5 rings (SSSR count). The summed E-state index contributed by atoms with van der Waals surface area (Å²) in [4.78, 5) is 19.0. The fraction of sp³-hybridized carbons (Fsp3) is 0.478. The van der Waals surface area contributed by atoms with Crippen molar-refractivity contribution in [2.24, 2.45) is 0 Å². The van der Waals surface area contributed by atoms with E-state index in [4.69, 9.17) is 18.9 Å². The van der Waals surface area contributed by atoms with Crippen LogP contribution in [0, 0.1) is 5.82 Å². The van der Waals surface area contributed by atoms with Gasteiger partial charge in [-0.3, -0.25) is 4.79 Å². The number of likely N-dealkylation sites (tertiary alicyclic amines) is 1. The molecular formula is C23H23F3N2O5. The van der Waals surface area contributed by atoms with E-state index in [0.29, 0.717) is 18.5 Å². The molecule has 1 aromatic heterocycles. The van der Waals surface area contributed by atoms with Crippen molar-refractivity contribution < 1.29 is 36.9 Å². The fourth-order valence-corrected chi connectivity index (χ4v) is 4.64. The number of hydrogen-bond acceptors (Lipinski definition) is 6. The summed E-state index contributed by atoms with van der Waals surface area (Å²) >= 11 is 0. The first kappa shape index (κ1) is 22.0. The summed E-state index contributed by atoms with van der Waals surface area (Å²) in [5.74, 6) is -3.13. The number of piperidine rings is 1. The zero-order valence-corrected chi connectivity index (χ0v) is 17.9. The molecule has 3 aliphatic rings. The second kappa shape index (κ2) is 8.18. The minimum absolute atomic E-state index is 0.0571. The predicted molar refractivity (Wildman–Crippen MR) is 109 cm³/mol. The molecule has 0 N–H and O–H groups in total. The van der Waals surface area contributed by atoms with Crippen LogP contribution < -0.4 is 9.47 Å². The van der Waals surface area contributed by atoms with Gasteiger partial charge in [0.2, 0.25) is 0 Å². The summed E-state index contributed by atoms with van der Waals surface area (Å²) in [6.07, 6.45) is -1.36. The van der Waals surface area contributed by atoms with Gasteiger partial charge < -0.3 is 23.8 Å². The van der Waals surface area contributed by atoms with E-state index >= 15 is 0 Å². The zero-order valence-electron chi connectivity index (χ0n) is 17.9. The highest BCUT2D eigenvalue weighted by Crippen LogP contribution is 2.43. The highest BCUT2D eigenvalue weighted by atomic mass is 19.3. The Bertz CT molecular complexity index is 1060. The predicted octanol–water partition coefficient (Wildman–Crippen LogP) is 3.52. The van der Waals surface area contributed by atoms with E-state index in [1.165, 1.54) is 31.4 Å². The van der Waals surface area contributed by atoms with Crippen molar-refractivity contribution in [3.63, 3.8) is 0 Å². The Labute approximate surface area is 188 Å². The van der Waals surface area contributed by atoms with Crippen molar-refractivity contribution in [3.8, 4) is 11.6 Å². The first-order valence-electron chi connectivity index (χ1n) is 10.7. The summed E-state index contributed by atoms with van der Waals surface area (Å²) in [5.41, 5.74) is 0.00211. The molecule has 33 heavy (non-hydrogen) atoms. The molecular weight excluding hydrogens is 441 g/mol. The van der Waals surface area contributed by atoms with Gasteiger partial charge in [-0.2, -0.15) is 0 Å². The molecule has 0 radical (unpaired) electrons. The lowest BCUT2D eigenvalue weighted by molar-refractivity contribution is -0.134. The minimum Gasteiger partial charge on any atom is -0.484 e. The Hall–Kier alpha value is -2.85. The van der Waals surface area contributed by atoms with E-state index in [-0.39, 0.29) is 55.2 Å². The lowest BCUT2D eigenvalue weighted by atomic mass is 9.82. The Balaban J connectivity index is 1.30. The third kappa shape index (κ3) is 4.02. The lowest BCUT2D eigenvalue weighted by Crippen LogP contribution is -2.53. The average Bonchev–Trinajstić information content (AvgIpc) is 3.22. The Morgan fingerprint density at radius 1 is 1.24 bits per heavy atom. The first-order valence-corrected chi connectivity index (χ1v) is 10.7. The number of nitrogens with zero attached hydrogens (tertiary/aromatic N) is 2. The molecule has 7 nitrogen and oxygen atoms in total. The summed E-state index contributed by atoms with van der Waals surface area (Å²) in [6, 6.07) is 9.21. The van der Waals surface area contributed by atoms with Crippen molar-refractivity contribution in [2.45, 2.75) is 43.0 Å². The molecule has 3 fully saturated rings. The number of pyridine rings is 1. The topological polar surface area (TPSA) is 70.1 Å². The fourth-order valence-electron chi connectivity index (χ4n) is 4.64. The van der Waals surface area contributed by atoms with Gasteiger partial charge in [-0.05, 0) is 29.8 Å². The average molecular weight is 464 g/mol. The molecule has 0 spiro atoms. The van der Waals surface area contributed by atoms with Gasteiger partial charge in [-0.1, -0.05) is 12.1 Å². The van der Waals surface area contributed by atoms with Crippen LogP contribution >= 0.6 is 0 Å². The molecule has 0 bridgehead atoms. The molecule has 1 aromatic carbocycles. The number of aromatic nitrogens is 1. The zero-order chi connectivity index (χ0) is 23.2. The van der Waals surface area contributed by atoms with Crippen LogP contribution in [-0.2, 0) is 15.1 Å². The number of methoxy groups -OCH3 is 1. The highest BCUT2D eigenvalue weighted by Gasteiger charge is 2.51. The SMILES string of the molecule is COc1nc(C(=O)N2CCC3(c4cccc(F)c4)OCOC3C2)ccc1OC1CC(F)(F)C1. The molecule has 1 aliphatic carbocycles. The maximum atomic E-state index is 13.8. The third-order valence-electron chi connectivity index (χ3n) is 6.43. The molecule has 2 unspecified atom stereocenters. The second-order valence-electron chi connectivity index (χ2n) is 8.53. The monoisotopic (exact) mass is 464 g/mol. The number of alkyl halides is 2. The van der Waals surface area contributed by atoms with Crippen LogP contribution in [0.5, 0.6) is 11.6 Å². The summed E-state index contributed by atoms with van der Waals surface area (Å²) in [7, 11) is 1.37. The summed E-state index contributed by atoms with van der Waals surface area (Å²) in [5, 5.41) is 0. The van der Waals surface area contributed by atoms with Crippen LogP contribution in [0.3, 0.4) is 0 Å². The number of ether oxygens (including phenoxy) is 4. The maximum Gasteiger partial charge on any atom is 0.272 e. The van der Waals surface area contributed by atoms with E-state index < -0.39 is 23.7 Å².